The number of benzene rings is 1. The van der Waals surface area contributed by atoms with E-state index in [1.807, 2.05) is 25.2 Å². The summed E-state index contributed by atoms with van der Waals surface area (Å²) in [5.41, 5.74) is 0.934. The topological polar surface area (TPSA) is 21.3 Å². The third-order valence-corrected chi connectivity index (χ3v) is 3.62. The zero-order chi connectivity index (χ0) is 11.5. The molecule has 1 aliphatic rings. The predicted octanol–water partition coefficient (Wildman–Crippen LogP) is 3.29. The Kier molecular flexibility index (Phi) is 4.09. The number of hydrogen-bond acceptors (Lipinski definition) is 2. The number of nitrogens with one attached hydrogen (secondary N) is 1. The lowest BCUT2D eigenvalue weighted by atomic mass is 9.95. The summed E-state index contributed by atoms with van der Waals surface area (Å²) < 4.78 is 5.76. The van der Waals surface area contributed by atoms with Gasteiger partial charge in [0, 0.05) is 34.7 Å². The molecule has 1 saturated heterocycles. The molecule has 0 radical (unpaired) electrons. The molecule has 0 aromatic heterocycles. The van der Waals surface area contributed by atoms with Crippen molar-refractivity contribution in [3.63, 3.8) is 0 Å². The molecule has 0 saturated carbocycles. The molecule has 1 aromatic rings. The van der Waals surface area contributed by atoms with Gasteiger partial charge in [-0.2, -0.15) is 0 Å². The fraction of sp³-hybridized carbons (Fsp3) is 0.500. The molecule has 2 unspecified atom stereocenters. The van der Waals surface area contributed by atoms with Crippen LogP contribution >= 0.6 is 23.2 Å². The van der Waals surface area contributed by atoms with Crippen LogP contribution in [0.1, 0.15) is 18.1 Å². The minimum atomic E-state index is 0.0219. The van der Waals surface area contributed by atoms with Gasteiger partial charge in [-0.25, -0.2) is 0 Å². The van der Waals surface area contributed by atoms with E-state index in [0.717, 1.165) is 25.1 Å². The predicted molar refractivity (Wildman–Crippen MR) is 67.2 cm³/mol. The zero-order valence-electron chi connectivity index (χ0n) is 9.17. The molecule has 0 bridgehead atoms. The van der Waals surface area contributed by atoms with Crippen LogP contribution in [-0.4, -0.2) is 20.2 Å². The third kappa shape index (κ3) is 2.35. The van der Waals surface area contributed by atoms with Crippen molar-refractivity contribution in [3.05, 3.63) is 33.8 Å². The van der Waals surface area contributed by atoms with Gasteiger partial charge >= 0.3 is 0 Å². The van der Waals surface area contributed by atoms with E-state index in [0.29, 0.717) is 16.0 Å². The van der Waals surface area contributed by atoms with Gasteiger partial charge in [-0.1, -0.05) is 29.3 Å². The molecular weight excluding hydrogens is 245 g/mol. The number of halogens is 2. The highest BCUT2D eigenvalue weighted by Crippen LogP contribution is 2.40. The Bertz CT molecular complexity index is 350. The first-order valence-electron chi connectivity index (χ1n) is 5.44. The molecule has 2 rings (SSSR count). The second-order valence-electron chi connectivity index (χ2n) is 4.03. The van der Waals surface area contributed by atoms with Gasteiger partial charge in [0.2, 0.25) is 0 Å². The van der Waals surface area contributed by atoms with Crippen molar-refractivity contribution >= 4 is 23.2 Å². The highest BCUT2D eigenvalue weighted by Gasteiger charge is 2.31. The Morgan fingerprint density at radius 1 is 1.38 bits per heavy atom. The van der Waals surface area contributed by atoms with Crippen LogP contribution < -0.4 is 5.32 Å². The van der Waals surface area contributed by atoms with Gasteiger partial charge in [0.15, 0.2) is 0 Å². The van der Waals surface area contributed by atoms with Crippen molar-refractivity contribution in [1.29, 1.82) is 0 Å². The first kappa shape index (κ1) is 12.2. The van der Waals surface area contributed by atoms with Crippen LogP contribution in [0.4, 0.5) is 0 Å². The number of ether oxygens (including phenoxy) is 1. The summed E-state index contributed by atoms with van der Waals surface area (Å²) >= 11 is 12.4. The maximum atomic E-state index is 6.19. The molecule has 0 amide bonds. The van der Waals surface area contributed by atoms with E-state index in [9.17, 15) is 0 Å². The molecule has 1 fully saturated rings. The van der Waals surface area contributed by atoms with E-state index in [1.165, 1.54) is 0 Å². The summed E-state index contributed by atoms with van der Waals surface area (Å²) in [4.78, 5) is 0. The van der Waals surface area contributed by atoms with Crippen molar-refractivity contribution in [3.8, 4) is 0 Å². The van der Waals surface area contributed by atoms with Gasteiger partial charge in [0.05, 0.1) is 6.10 Å². The van der Waals surface area contributed by atoms with Crippen molar-refractivity contribution in [2.75, 3.05) is 20.2 Å². The second-order valence-corrected chi connectivity index (χ2v) is 4.85. The molecule has 0 spiro atoms. The van der Waals surface area contributed by atoms with E-state index in [4.69, 9.17) is 27.9 Å². The maximum absolute atomic E-state index is 6.19. The Morgan fingerprint density at radius 2 is 2.06 bits per heavy atom. The van der Waals surface area contributed by atoms with E-state index < -0.39 is 0 Å². The largest absolute Gasteiger partial charge is 0.373 e. The molecule has 1 N–H and O–H groups in total. The lowest BCUT2D eigenvalue weighted by molar-refractivity contribution is 0.0911. The fourth-order valence-corrected chi connectivity index (χ4v) is 2.82. The summed E-state index contributed by atoms with van der Waals surface area (Å²) in [7, 11) is 1.95. The van der Waals surface area contributed by atoms with Crippen LogP contribution in [0.15, 0.2) is 18.2 Å². The molecule has 1 aromatic carbocycles. The SMILES string of the molecule is CNCC1CCOC1c1c(Cl)cccc1Cl. The van der Waals surface area contributed by atoms with Gasteiger partial charge in [-0.3, -0.25) is 0 Å². The molecule has 2 nitrogen and oxygen atoms in total. The monoisotopic (exact) mass is 259 g/mol. The molecule has 4 heteroatoms. The van der Waals surface area contributed by atoms with Gasteiger partial charge in [0.1, 0.15) is 0 Å². The van der Waals surface area contributed by atoms with E-state index in [-0.39, 0.29) is 6.10 Å². The number of rotatable bonds is 3. The van der Waals surface area contributed by atoms with Crippen molar-refractivity contribution in [2.24, 2.45) is 5.92 Å². The summed E-state index contributed by atoms with van der Waals surface area (Å²) in [5.74, 6) is 0.447. The Labute approximate surface area is 106 Å². The van der Waals surface area contributed by atoms with Crippen molar-refractivity contribution < 1.29 is 4.74 Å². The average molecular weight is 260 g/mol. The van der Waals surface area contributed by atoms with Gasteiger partial charge in [0.25, 0.3) is 0 Å². The molecule has 1 aliphatic heterocycles. The standard InChI is InChI=1S/C12H15Cl2NO/c1-15-7-8-5-6-16-12(8)11-9(13)3-2-4-10(11)14/h2-4,8,12,15H,5-7H2,1H3. The fourth-order valence-electron chi connectivity index (χ4n) is 2.21. The van der Waals surface area contributed by atoms with Crippen molar-refractivity contribution in [1.82, 2.24) is 5.32 Å². The molecule has 0 aliphatic carbocycles. The first-order valence-corrected chi connectivity index (χ1v) is 6.19. The highest BCUT2D eigenvalue weighted by molar-refractivity contribution is 6.36. The van der Waals surface area contributed by atoms with Crippen LogP contribution in [0.3, 0.4) is 0 Å². The summed E-state index contributed by atoms with van der Waals surface area (Å²) in [6.07, 6.45) is 1.07. The molecule has 16 heavy (non-hydrogen) atoms. The molecule has 1 heterocycles. The van der Waals surface area contributed by atoms with Crippen LogP contribution in [-0.2, 0) is 4.74 Å². The van der Waals surface area contributed by atoms with E-state index in [1.54, 1.807) is 0 Å². The lowest BCUT2D eigenvalue weighted by Crippen LogP contribution is -2.21. The smallest absolute Gasteiger partial charge is 0.0894 e. The second kappa shape index (κ2) is 5.37. The first-order chi connectivity index (χ1) is 7.74. The summed E-state index contributed by atoms with van der Waals surface area (Å²) in [6.45, 7) is 1.70. The number of hydrogen-bond donors (Lipinski definition) is 1. The minimum Gasteiger partial charge on any atom is -0.373 e. The molecule has 88 valence electrons. The lowest BCUT2D eigenvalue weighted by Gasteiger charge is -2.20. The van der Waals surface area contributed by atoms with Gasteiger partial charge < -0.3 is 10.1 Å². The van der Waals surface area contributed by atoms with Crippen LogP contribution in [0, 0.1) is 5.92 Å². The Morgan fingerprint density at radius 3 is 2.69 bits per heavy atom. The van der Waals surface area contributed by atoms with Crippen LogP contribution in [0.2, 0.25) is 10.0 Å². The van der Waals surface area contributed by atoms with Crippen molar-refractivity contribution in [2.45, 2.75) is 12.5 Å². The Hall–Kier alpha value is -0.280. The van der Waals surface area contributed by atoms with Gasteiger partial charge in [-0.05, 0) is 25.6 Å². The maximum Gasteiger partial charge on any atom is 0.0894 e. The van der Waals surface area contributed by atoms with E-state index >= 15 is 0 Å². The quantitative estimate of drug-likeness (QED) is 0.900. The Balaban J connectivity index is 2.29. The summed E-state index contributed by atoms with van der Waals surface area (Å²) in [5, 5.41) is 4.57. The summed E-state index contributed by atoms with van der Waals surface area (Å²) in [6, 6.07) is 5.58. The highest BCUT2D eigenvalue weighted by atomic mass is 35.5. The zero-order valence-corrected chi connectivity index (χ0v) is 10.7. The molecule has 2 atom stereocenters. The third-order valence-electron chi connectivity index (χ3n) is 2.96. The van der Waals surface area contributed by atoms with Gasteiger partial charge in [-0.15, -0.1) is 0 Å². The average Bonchev–Trinajstić information content (AvgIpc) is 2.67. The molecular formula is C12H15Cl2NO. The minimum absolute atomic E-state index is 0.0219. The van der Waals surface area contributed by atoms with E-state index in [2.05, 4.69) is 5.32 Å². The normalized spacial score (nSPS) is 24.9. The van der Waals surface area contributed by atoms with Crippen LogP contribution in [0.25, 0.3) is 0 Å². The van der Waals surface area contributed by atoms with Crippen LogP contribution in [0.5, 0.6) is 0 Å².